The maximum absolute atomic E-state index is 13.6. The third-order valence-corrected chi connectivity index (χ3v) is 2.35. The Morgan fingerprint density at radius 2 is 1.81 bits per heavy atom. The average Bonchev–Trinajstić information content (AvgIpc) is 2.71. The molecule has 1 aromatic carbocycles. The minimum atomic E-state index is -5.14. The normalized spacial score (nSPS) is 11.5. The molecule has 112 valence electrons. The molecule has 0 aliphatic carbocycles. The molecule has 0 fully saturated rings. The summed E-state index contributed by atoms with van der Waals surface area (Å²) < 4.78 is 69.8. The van der Waals surface area contributed by atoms with Crippen molar-refractivity contribution in [2.45, 2.75) is 6.18 Å². The number of hydrogen-bond acceptors (Lipinski definition) is 3. The monoisotopic (exact) mass is 308 g/mol. The molecule has 0 saturated carbocycles. The van der Waals surface area contributed by atoms with Crippen molar-refractivity contribution in [2.24, 2.45) is 0 Å². The number of nitrogens with zero attached hydrogens (tertiary/aromatic N) is 2. The van der Waals surface area contributed by atoms with E-state index < -0.39 is 41.1 Å². The van der Waals surface area contributed by atoms with Crippen molar-refractivity contribution in [1.82, 2.24) is 9.78 Å². The van der Waals surface area contributed by atoms with E-state index in [2.05, 4.69) is 9.84 Å². The number of para-hydroxylation sites is 1. The summed E-state index contributed by atoms with van der Waals surface area (Å²) in [6.07, 6.45) is -6.76. The Labute approximate surface area is 113 Å². The molecule has 0 aliphatic heterocycles. The molecule has 1 aromatic heterocycles. The second-order valence-electron chi connectivity index (χ2n) is 3.71. The Balaban J connectivity index is 2.70. The molecule has 5 nitrogen and oxygen atoms in total. The number of hydrogen-bond donors (Lipinski definition) is 1. The van der Waals surface area contributed by atoms with Gasteiger partial charge >= 0.3 is 12.3 Å². The number of carboxylic acid groups (broad SMARTS) is 1. The van der Waals surface area contributed by atoms with E-state index in [-0.39, 0.29) is 4.68 Å². The first kappa shape index (κ1) is 14.8. The number of benzene rings is 1. The van der Waals surface area contributed by atoms with Crippen LogP contribution in [0.1, 0.15) is 5.69 Å². The van der Waals surface area contributed by atoms with Crippen LogP contribution in [-0.4, -0.2) is 21.0 Å². The highest BCUT2D eigenvalue weighted by Crippen LogP contribution is 2.38. The van der Waals surface area contributed by atoms with Gasteiger partial charge in [-0.2, -0.15) is 18.3 Å². The smallest absolute Gasteiger partial charge is 0.449 e. The van der Waals surface area contributed by atoms with Crippen molar-refractivity contribution in [3.05, 3.63) is 41.7 Å². The molecule has 1 heterocycles. The van der Waals surface area contributed by atoms with Gasteiger partial charge in [0, 0.05) is 0 Å². The van der Waals surface area contributed by atoms with E-state index in [4.69, 9.17) is 5.11 Å². The molecule has 0 bridgehead atoms. The van der Waals surface area contributed by atoms with Crippen LogP contribution in [0.15, 0.2) is 24.4 Å². The standard InChI is InChI=1S/C11H5F5N2O3/c12-5-2-1-3-6(13)8(5)18-9(11(14,15)16)7(4-17-18)21-10(19)20/h1-4H,(H,19,20). The molecule has 0 aliphatic rings. The highest BCUT2D eigenvalue weighted by molar-refractivity contribution is 5.62. The number of halogens is 5. The number of alkyl halides is 3. The van der Waals surface area contributed by atoms with Crippen LogP contribution in [0.25, 0.3) is 5.69 Å². The molecule has 21 heavy (non-hydrogen) atoms. The number of carbonyl (C=O) groups is 1. The second kappa shape index (κ2) is 5.04. The molecule has 0 radical (unpaired) electrons. The fourth-order valence-corrected chi connectivity index (χ4v) is 1.62. The lowest BCUT2D eigenvalue weighted by Crippen LogP contribution is -2.17. The summed E-state index contributed by atoms with van der Waals surface area (Å²) in [6, 6.07) is 2.43. The van der Waals surface area contributed by atoms with E-state index in [1.165, 1.54) is 0 Å². The van der Waals surface area contributed by atoms with Gasteiger partial charge in [0.1, 0.15) is 5.69 Å². The van der Waals surface area contributed by atoms with Crippen LogP contribution in [0, 0.1) is 11.6 Å². The summed E-state index contributed by atoms with van der Waals surface area (Å²) in [5, 5.41) is 11.5. The zero-order chi connectivity index (χ0) is 15.8. The van der Waals surface area contributed by atoms with E-state index in [0.29, 0.717) is 6.20 Å². The Bertz CT molecular complexity index is 675. The maximum atomic E-state index is 13.6. The fraction of sp³-hybridized carbons (Fsp3) is 0.0909. The first-order chi connectivity index (χ1) is 9.71. The lowest BCUT2D eigenvalue weighted by atomic mass is 10.2. The third kappa shape index (κ3) is 2.78. The zero-order valence-electron chi connectivity index (χ0n) is 9.86. The summed E-state index contributed by atoms with van der Waals surface area (Å²) in [4.78, 5) is 10.4. The van der Waals surface area contributed by atoms with Gasteiger partial charge in [-0.25, -0.2) is 18.3 Å². The van der Waals surface area contributed by atoms with Crippen LogP contribution < -0.4 is 4.74 Å². The molecule has 0 unspecified atom stereocenters. The van der Waals surface area contributed by atoms with Gasteiger partial charge in [-0.05, 0) is 12.1 Å². The third-order valence-electron chi connectivity index (χ3n) is 2.35. The molecule has 10 heteroatoms. The van der Waals surface area contributed by atoms with Crippen molar-refractivity contribution in [2.75, 3.05) is 0 Å². The molecule has 0 spiro atoms. The summed E-state index contributed by atoms with van der Waals surface area (Å²) in [5.74, 6) is -3.78. The molecular weight excluding hydrogens is 303 g/mol. The zero-order valence-corrected chi connectivity index (χ0v) is 9.86. The van der Waals surface area contributed by atoms with Crippen molar-refractivity contribution < 1.29 is 36.6 Å². The topological polar surface area (TPSA) is 64.3 Å². The van der Waals surface area contributed by atoms with Crippen molar-refractivity contribution in [3.8, 4) is 11.4 Å². The van der Waals surface area contributed by atoms with Crippen LogP contribution in [0.4, 0.5) is 26.7 Å². The molecule has 0 atom stereocenters. The summed E-state index contributed by atoms with van der Waals surface area (Å²) in [6.45, 7) is 0. The molecule has 2 rings (SSSR count). The lowest BCUT2D eigenvalue weighted by molar-refractivity contribution is -0.143. The van der Waals surface area contributed by atoms with E-state index in [0.717, 1.165) is 18.2 Å². The summed E-state index contributed by atoms with van der Waals surface area (Å²) in [7, 11) is 0. The van der Waals surface area contributed by atoms with Gasteiger partial charge < -0.3 is 9.84 Å². The van der Waals surface area contributed by atoms with E-state index in [9.17, 15) is 26.7 Å². The van der Waals surface area contributed by atoms with Crippen LogP contribution in [0.3, 0.4) is 0 Å². The molecule has 1 N–H and O–H groups in total. The fourth-order valence-electron chi connectivity index (χ4n) is 1.62. The van der Waals surface area contributed by atoms with Gasteiger partial charge in [-0.15, -0.1) is 0 Å². The first-order valence-electron chi connectivity index (χ1n) is 5.22. The Morgan fingerprint density at radius 3 is 2.29 bits per heavy atom. The maximum Gasteiger partial charge on any atom is 0.511 e. The Morgan fingerprint density at radius 1 is 1.24 bits per heavy atom. The lowest BCUT2D eigenvalue weighted by Gasteiger charge is -2.12. The van der Waals surface area contributed by atoms with Crippen LogP contribution in [0.2, 0.25) is 0 Å². The predicted molar refractivity (Wildman–Crippen MR) is 57.1 cm³/mol. The summed E-state index contributed by atoms with van der Waals surface area (Å²) in [5.41, 5.74) is -2.83. The van der Waals surface area contributed by atoms with E-state index >= 15 is 0 Å². The highest BCUT2D eigenvalue weighted by atomic mass is 19.4. The Kier molecular flexibility index (Phi) is 3.54. The summed E-state index contributed by atoms with van der Waals surface area (Å²) >= 11 is 0. The van der Waals surface area contributed by atoms with Gasteiger partial charge in [0.05, 0.1) is 6.20 Å². The SMILES string of the molecule is O=C(O)Oc1cnn(-c2c(F)cccc2F)c1C(F)(F)F. The minimum Gasteiger partial charge on any atom is -0.449 e. The van der Waals surface area contributed by atoms with Gasteiger partial charge in [0.15, 0.2) is 23.1 Å². The number of ether oxygens (including phenoxy) is 1. The minimum absolute atomic E-state index is 0.0943. The molecule has 0 amide bonds. The van der Waals surface area contributed by atoms with Gasteiger partial charge in [0.2, 0.25) is 0 Å². The molecule has 2 aromatic rings. The highest BCUT2D eigenvalue weighted by Gasteiger charge is 2.41. The van der Waals surface area contributed by atoms with E-state index in [1.54, 1.807) is 0 Å². The second-order valence-corrected chi connectivity index (χ2v) is 3.71. The van der Waals surface area contributed by atoms with Crippen molar-refractivity contribution in [1.29, 1.82) is 0 Å². The van der Waals surface area contributed by atoms with Crippen LogP contribution >= 0.6 is 0 Å². The van der Waals surface area contributed by atoms with Crippen LogP contribution in [-0.2, 0) is 6.18 Å². The molecule has 0 saturated heterocycles. The van der Waals surface area contributed by atoms with Gasteiger partial charge in [0.25, 0.3) is 0 Å². The van der Waals surface area contributed by atoms with E-state index in [1.807, 2.05) is 0 Å². The molecular formula is C11H5F5N2O3. The number of rotatable bonds is 2. The average molecular weight is 308 g/mol. The van der Waals surface area contributed by atoms with Crippen LogP contribution in [0.5, 0.6) is 5.75 Å². The van der Waals surface area contributed by atoms with Gasteiger partial charge in [-0.3, -0.25) is 0 Å². The predicted octanol–water partition coefficient (Wildman–Crippen LogP) is 3.23. The van der Waals surface area contributed by atoms with Crippen molar-refractivity contribution >= 4 is 6.16 Å². The number of aromatic nitrogens is 2. The Hall–Kier alpha value is -2.65. The van der Waals surface area contributed by atoms with Gasteiger partial charge in [-0.1, -0.05) is 6.07 Å². The van der Waals surface area contributed by atoms with Crippen molar-refractivity contribution in [3.63, 3.8) is 0 Å². The first-order valence-corrected chi connectivity index (χ1v) is 5.22. The quantitative estimate of drug-likeness (QED) is 0.683. The largest absolute Gasteiger partial charge is 0.511 e.